The van der Waals surface area contributed by atoms with Crippen LogP contribution in [-0.4, -0.2) is 40.1 Å². The molecule has 1 aliphatic heterocycles. The van der Waals surface area contributed by atoms with Crippen molar-refractivity contribution in [3.8, 4) is 0 Å². The molecule has 0 amide bonds. The van der Waals surface area contributed by atoms with Gasteiger partial charge in [0.1, 0.15) is 5.78 Å². The molecule has 4 heteroatoms. The molecule has 0 aromatic carbocycles. The number of likely N-dealkylation sites (tertiary alicyclic amines) is 1. The van der Waals surface area contributed by atoms with E-state index in [1.807, 2.05) is 23.1 Å². The molecule has 0 radical (unpaired) electrons. The molecule has 2 rings (SSSR count). The largest absolute Gasteiger partial charge is 0.301 e. The summed E-state index contributed by atoms with van der Waals surface area (Å²) in [6.45, 7) is 5.78. The molecule has 1 saturated heterocycles. The quantitative estimate of drug-likeness (QED) is 0.766. The summed E-state index contributed by atoms with van der Waals surface area (Å²) in [6.07, 6.45) is 5.84. The second-order valence-electron chi connectivity index (χ2n) is 4.50. The Morgan fingerprint density at radius 2 is 2.12 bits per heavy atom. The smallest absolute Gasteiger partial charge is 0.133 e. The van der Waals surface area contributed by atoms with Crippen molar-refractivity contribution in [3.05, 3.63) is 18.5 Å². The SMILES string of the molecule is CC(=O)C1CCN(CCn2cccn2)CC1. The van der Waals surface area contributed by atoms with Crippen LogP contribution in [-0.2, 0) is 11.3 Å². The molecule has 0 N–H and O–H groups in total. The molecule has 16 heavy (non-hydrogen) atoms. The van der Waals surface area contributed by atoms with Crippen LogP contribution in [0.5, 0.6) is 0 Å². The number of rotatable bonds is 4. The van der Waals surface area contributed by atoms with Gasteiger partial charge in [-0.05, 0) is 38.9 Å². The van der Waals surface area contributed by atoms with E-state index in [0.29, 0.717) is 11.7 Å². The first-order valence-corrected chi connectivity index (χ1v) is 5.96. The van der Waals surface area contributed by atoms with Crippen LogP contribution in [0.25, 0.3) is 0 Å². The van der Waals surface area contributed by atoms with Gasteiger partial charge in [-0.25, -0.2) is 0 Å². The molecule has 0 saturated carbocycles. The molecule has 0 bridgehead atoms. The van der Waals surface area contributed by atoms with Crippen LogP contribution in [0, 0.1) is 5.92 Å². The predicted octanol–water partition coefficient (Wildman–Crippen LogP) is 1.18. The van der Waals surface area contributed by atoms with Gasteiger partial charge in [-0.1, -0.05) is 0 Å². The minimum atomic E-state index is 0.306. The van der Waals surface area contributed by atoms with Crippen LogP contribution in [0.3, 0.4) is 0 Å². The maximum Gasteiger partial charge on any atom is 0.133 e. The van der Waals surface area contributed by atoms with Crippen molar-refractivity contribution in [2.45, 2.75) is 26.3 Å². The standard InChI is InChI=1S/C12H19N3O/c1-11(16)12-3-7-14(8-4-12)9-10-15-6-2-5-13-15/h2,5-6,12H,3-4,7-10H2,1H3. The van der Waals surface area contributed by atoms with E-state index >= 15 is 0 Å². The third-order valence-corrected chi connectivity index (χ3v) is 3.37. The highest BCUT2D eigenvalue weighted by molar-refractivity contribution is 5.78. The molecule has 1 aromatic rings. The summed E-state index contributed by atoms with van der Waals surface area (Å²) >= 11 is 0. The van der Waals surface area contributed by atoms with E-state index in [-0.39, 0.29) is 0 Å². The van der Waals surface area contributed by atoms with Crippen molar-refractivity contribution in [2.24, 2.45) is 5.92 Å². The van der Waals surface area contributed by atoms with Crippen LogP contribution in [0.4, 0.5) is 0 Å². The number of hydrogen-bond acceptors (Lipinski definition) is 3. The van der Waals surface area contributed by atoms with Gasteiger partial charge >= 0.3 is 0 Å². The molecular formula is C12H19N3O. The number of piperidine rings is 1. The fourth-order valence-electron chi connectivity index (χ4n) is 2.24. The Hall–Kier alpha value is -1.16. The van der Waals surface area contributed by atoms with Crippen LogP contribution in [0.15, 0.2) is 18.5 Å². The fourth-order valence-corrected chi connectivity index (χ4v) is 2.24. The first kappa shape index (κ1) is 11.3. The number of aromatic nitrogens is 2. The maximum atomic E-state index is 11.2. The highest BCUT2D eigenvalue weighted by Gasteiger charge is 2.21. The normalized spacial score (nSPS) is 18.8. The summed E-state index contributed by atoms with van der Waals surface area (Å²) < 4.78 is 1.96. The summed E-state index contributed by atoms with van der Waals surface area (Å²) in [4.78, 5) is 13.6. The second-order valence-corrected chi connectivity index (χ2v) is 4.50. The lowest BCUT2D eigenvalue weighted by Crippen LogP contribution is -2.37. The Balaban J connectivity index is 1.71. The monoisotopic (exact) mass is 221 g/mol. The van der Waals surface area contributed by atoms with E-state index in [1.54, 1.807) is 6.92 Å². The van der Waals surface area contributed by atoms with Crippen LogP contribution >= 0.6 is 0 Å². The van der Waals surface area contributed by atoms with Gasteiger partial charge in [0.05, 0.1) is 6.54 Å². The van der Waals surface area contributed by atoms with E-state index < -0.39 is 0 Å². The van der Waals surface area contributed by atoms with E-state index in [4.69, 9.17) is 0 Å². The Morgan fingerprint density at radius 1 is 1.38 bits per heavy atom. The molecule has 1 aliphatic rings. The zero-order chi connectivity index (χ0) is 11.4. The lowest BCUT2D eigenvalue weighted by atomic mass is 9.93. The number of ketones is 1. The van der Waals surface area contributed by atoms with Gasteiger partial charge in [-0.2, -0.15) is 5.10 Å². The van der Waals surface area contributed by atoms with E-state index in [9.17, 15) is 4.79 Å². The molecule has 2 heterocycles. The molecule has 0 atom stereocenters. The first-order valence-electron chi connectivity index (χ1n) is 5.96. The molecule has 1 fully saturated rings. The van der Waals surface area contributed by atoms with E-state index in [1.165, 1.54) is 0 Å². The number of nitrogens with zero attached hydrogens (tertiary/aromatic N) is 3. The highest BCUT2D eigenvalue weighted by atomic mass is 16.1. The van der Waals surface area contributed by atoms with Crippen molar-refractivity contribution >= 4 is 5.78 Å². The Kier molecular flexibility index (Phi) is 3.72. The van der Waals surface area contributed by atoms with Crippen molar-refractivity contribution < 1.29 is 4.79 Å². The second kappa shape index (κ2) is 5.25. The average molecular weight is 221 g/mol. The molecule has 88 valence electrons. The highest BCUT2D eigenvalue weighted by Crippen LogP contribution is 2.17. The third-order valence-electron chi connectivity index (χ3n) is 3.37. The minimum absolute atomic E-state index is 0.306. The Morgan fingerprint density at radius 3 is 2.69 bits per heavy atom. The van der Waals surface area contributed by atoms with Crippen molar-refractivity contribution in [1.29, 1.82) is 0 Å². The summed E-state index contributed by atoms with van der Waals surface area (Å²) in [6, 6.07) is 1.95. The summed E-state index contributed by atoms with van der Waals surface area (Å²) in [5.74, 6) is 0.660. The number of carbonyl (C=O) groups is 1. The van der Waals surface area contributed by atoms with Gasteiger partial charge in [0, 0.05) is 24.9 Å². The van der Waals surface area contributed by atoms with Crippen molar-refractivity contribution in [2.75, 3.05) is 19.6 Å². The molecule has 0 unspecified atom stereocenters. The first-order chi connectivity index (χ1) is 7.75. The summed E-state index contributed by atoms with van der Waals surface area (Å²) in [5.41, 5.74) is 0. The molecule has 4 nitrogen and oxygen atoms in total. The minimum Gasteiger partial charge on any atom is -0.301 e. The molecule has 1 aromatic heterocycles. The van der Waals surface area contributed by atoms with Crippen LogP contribution in [0.2, 0.25) is 0 Å². The number of hydrogen-bond donors (Lipinski definition) is 0. The number of carbonyl (C=O) groups excluding carboxylic acids is 1. The van der Waals surface area contributed by atoms with Gasteiger partial charge in [-0.3, -0.25) is 9.48 Å². The van der Waals surface area contributed by atoms with Gasteiger partial charge < -0.3 is 4.90 Å². The molecule has 0 aliphatic carbocycles. The zero-order valence-corrected chi connectivity index (χ0v) is 9.80. The van der Waals surface area contributed by atoms with Crippen LogP contribution in [0.1, 0.15) is 19.8 Å². The van der Waals surface area contributed by atoms with E-state index in [2.05, 4.69) is 10.00 Å². The summed E-state index contributed by atoms with van der Waals surface area (Å²) in [7, 11) is 0. The van der Waals surface area contributed by atoms with Crippen molar-refractivity contribution in [3.63, 3.8) is 0 Å². The van der Waals surface area contributed by atoms with Gasteiger partial charge in [0.2, 0.25) is 0 Å². The average Bonchev–Trinajstić information content (AvgIpc) is 2.80. The van der Waals surface area contributed by atoms with Gasteiger partial charge in [0.25, 0.3) is 0 Å². The molecular weight excluding hydrogens is 202 g/mol. The van der Waals surface area contributed by atoms with Crippen LogP contribution < -0.4 is 0 Å². The topological polar surface area (TPSA) is 38.1 Å². The Labute approximate surface area is 96.2 Å². The third kappa shape index (κ3) is 2.92. The zero-order valence-electron chi connectivity index (χ0n) is 9.80. The number of Topliss-reactive ketones (excluding diaryl/α,β-unsaturated/α-hetero) is 1. The maximum absolute atomic E-state index is 11.2. The fraction of sp³-hybridized carbons (Fsp3) is 0.667. The summed E-state index contributed by atoms with van der Waals surface area (Å²) in [5, 5.41) is 4.18. The van der Waals surface area contributed by atoms with Crippen molar-refractivity contribution in [1.82, 2.24) is 14.7 Å². The molecule has 0 spiro atoms. The predicted molar refractivity (Wildman–Crippen MR) is 62.1 cm³/mol. The van der Waals surface area contributed by atoms with E-state index in [0.717, 1.165) is 39.0 Å². The van der Waals surface area contributed by atoms with Gasteiger partial charge in [-0.15, -0.1) is 0 Å². The lowest BCUT2D eigenvalue weighted by molar-refractivity contribution is -0.122. The lowest BCUT2D eigenvalue weighted by Gasteiger charge is -2.30. The van der Waals surface area contributed by atoms with Gasteiger partial charge in [0.15, 0.2) is 0 Å². The Bertz CT molecular complexity index is 326.